The maximum Gasteiger partial charge on any atom is 0.326 e. The van der Waals surface area contributed by atoms with Gasteiger partial charge in [0.1, 0.15) is 24.3 Å². The zero-order chi connectivity index (χ0) is 13.4. The third-order valence-electron chi connectivity index (χ3n) is 3.82. The average molecular weight is 261 g/mol. The number of carbonyl (C=O) groups is 2. The number of carboxylic acid groups (broad SMARTS) is 1. The summed E-state index contributed by atoms with van der Waals surface area (Å²) in [7, 11) is 0. The van der Waals surface area contributed by atoms with E-state index in [0.29, 0.717) is 19.6 Å². The minimum atomic E-state index is -0.918. The number of likely N-dealkylation sites (tertiary alicyclic amines) is 1. The molecule has 1 N–H and O–H groups in total. The maximum absolute atomic E-state index is 12.5. The minimum Gasteiger partial charge on any atom is -0.492 e. The van der Waals surface area contributed by atoms with Gasteiger partial charge in [0.15, 0.2) is 0 Å². The largest absolute Gasteiger partial charge is 0.492 e. The van der Waals surface area contributed by atoms with Crippen molar-refractivity contribution in [3.05, 3.63) is 29.8 Å². The molecule has 2 aliphatic rings. The molecule has 1 unspecified atom stereocenters. The first-order valence-electron chi connectivity index (χ1n) is 6.43. The highest BCUT2D eigenvalue weighted by atomic mass is 16.5. The van der Waals surface area contributed by atoms with Crippen molar-refractivity contribution in [2.24, 2.45) is 0 Å². The molecule has 0 aromatic heterocycles. The second kappa shape index (κ2) is 4.57. The molecule has 0 spiro atoms. The van der Waals surface area contributed by atoms with Crippen molar-refractivity contribution in [2.75, 3.05) is 13.2 Å². The van der Waals surface area contributed by atoms with E-state index in [1.54, 1.807) is 0 Å². The van der Waals surface area contributed by atoms with Crippen LogP contribution in [0.15, 0.2) is 24.3 Å². The van der Waals surface area contributed by atoms with Crippen molar-refractivity contribution >= 4 is 11.9 Å². The Morgan fingerprint density at radius 1 is 1.32 bits per heavy atom. The molecule has 5 nitrogen and oxygen atoms in total. The number of hydrogen-bond acceptors (Lipinski definition) is 3. The molecule has 0 aliphatic carbocycles. The number of hydrogen-bond donors (Lipinski definition) is 1. The summed E-state index contributed by atoms with van der Waals surface area (Å²) in [5.41, 5.74) is 0.864. The summed E-state index contributed by atoms with van der Waals surface area (Å²) in [6, 6.07) is 6.76. The van der Waals surface area contributed by atoms with Crippen molar-refractivity contribution in [3.8, 4) is 5.75 Å². The van der Waals surface area contributed by atoms with E-state index < -0.39 is 12.0 Å². The Bertz CT molecular complexity index is 528. The molecule has 1 saturated heterocycles. The topological polar surface area (TPSA) is 66.8 Å². The highest BCUT2D eigenvalue weighted by Gasteiger charge is 2.40. The Kier molecular flexibility index (Phi) is 2.89. The molecule has 5 heteroatoms. The second-order valence-electron chi connectivity index (χ2n) is 4.93. The quantitative estimate of drug-likeness (QED) is 0.869. The van der Waals surface area contributed by atoms with E-state index in [4.69, 9.17) is 9.84 Å². The Balaban J connectivity index is 1.84. The summed E-state index contributed by atoms with van der Waals surface area (Å²) in [4.78, 5) is 25.1. The first-order valence-corrected chi connectivity index (χ1v) is 6.43. The number of amides is 1. The number of carbonyl (C=O) groups excluding carboxylic acids is 1. The number of nitrogens with zero attached hydrogens (tertiary/aromatic N) is 1. The number of para-hydroxylation sites is 1. The molecule has 19 heavy (non-hydrogen) atoms. The lowest BCUT2D eigenvalue weighted by Crippen LogP contribution is -2.43. The molecule has 1 aromatic rings. The molecule has 100 valence electrons. The third-order valence-corrected chi connectivity index (χ3v) is 3.82. The van der Waals surface area contributed by atoms with Crippen molar-refractivity contribution in [2.45, 2.75) is 24.8 Å². The molecular formula is C14H15NO4. The maximum atomic E-state index is 12.5. The monoisotopic (exact) mass is 261 g/mol. The van der Waals surface area contributed by atoms with Gasteiger partial charge >= 0.3 is 5.97 Å². The normalized spacial score (nSPS) is 24.9. The highest BCUT2D eigenvalue weighted by Crippen LogP contribution is 2.36. The van der Waals surface area contributed by atoms with E-state index >= 15 is 0 Å². The van der Waals surface area contributed by atoms with Crippen molar-refractivity contribution < 1.29 is 19.4 Å². The van der Waals surface area contributed by atoms with Crippen LogP contribution in [0, 0.1) is 0 Å². The number of ether oxygens (including phenoxy) is 1. The van der Waals surface area contributed by atoms with Gasteiger partial charge in [-0.3, -0.25) is 4.79 Å². The number of rotatable bonds is 2. The summed E-state index contributed by atoms with van der Waals surface area (Å²) >= 11 is 0. The summed E-state index contributed by atoms with van der Waals surface area (Å²) in [5, 5.41) is 9.15. The first kappa shape index (κ1) is 12.0. The average Bonchev–Trinajstić information content (AvgIpc) is 3.05. The predicted octanol–water partition coefficient (Wildman–Crippen LogP) is 1.24. The summed E-state index contributed by atoms with van der Waals surface area (Å²) in [5.74, 6) is -0.684. The van der Waals surface area contributed by atoms with E-state index in [2.05, 4.69) is 0 Å². The molecule has 2 atom stereocenters. The molecular weight excluding hydrogens is 246 g/mol. The van der Waals surface area contributed by atoms with Gasteiger partial charge in [0.2, 0.25) is 5.91 Å². The molecule has 3 rings (SSSR count). The van der Waals surface area contributed by atoms with Crippen LogP contribution in [0.4, 0.5) is 0 Å². The van der Waals surface area contributed by atoms with Crippen molar-refractivity contribution in [1.82, 2.24) is 4.90 Å². The smallest absolute Gasteiger partial charge is 0.326 e. The van der Waals surface area contributed by atoms with Gasteiger partial charge in [-0.1, -0.05) is 18.2 Å². The van der Waals surface area contributed by atoms with Crippen LogP contribution in [0.1, 0.15) is 24.3 Å². The van der Waals surface area contributed by atoms with E-state index in [1.165, 1.54) is 4.90 Å². The van der Waals surface area contributed by atoms with Crippen molar-refractivity contribution in [1.29, 1.82) is 0 Å². The zero-order valence-electron chi connectivity index (χ0n) is 10.4. The Hall–Kier alpha value is -2.04. The zero-order valence-corrected chi connectivity index (χ0v) is 10.4. The lowest BCUT2D eigenvalue weighted by molar-refractivity contribution is -0.148. The van der Waals surface area contributed by atoms with Crippen LogP contribution in [0.2, 0.25) is 0 Å². The molecule has 2 aliphatic heterocycles. The van der Waals surface area contributed by atoms with Crippen LogP contribution in [0.5, 0.6) is 5.75 Å². The van der Waals surface area contributed by atoms with Gasteiger partial charge in [-0.05, 0) is 18.9 Å². The van der Waals surface area contributed by atoms with Crippen LogP contribution >= 0.6 is 0 Å². The molecule has 1 fully saturated rings. The fourth-order valence-electron chi connectivity index (χ4n) is 2.85. The summed E-state index contributed by atoms with van der Waals surface area (Å²) < 4.78 is 5.49. The Labute approximate surface area is 110 Å². The Morgan fingerprint density at radius 2 is 2.11 bits per heavy atom. The van der Waals surface area contributed by atoms with Crippen LogP contribution in [-0.2, 0) is 9.59 Å². The molecule has 0 saturated carbocycles. The molecule has 0 bridgehead atoms. The van der Waals surface area contributed by atoms with Gasteiger partial charge < -0.3 is 14.7 Å². The number of carboxylic acids is 1. The SMILES string of the molecule is O=C(O)[C@H]1CCCN1C(=O)C1COc2ccccc21. The lowest BCUT2D eigenvalue weighted by Gasteiger charge is -2.24. The van der Waals surface area contributed by atoms with E-state index in [1.807, 2.05) is 24.3 Å². The van der Waals surface area contributed by atoms with Crippen LogP contribution in [-0.4, -0.2) is 41.1 Å². The molecule has 0 radical (unpaired) electrons. The standard InChI is InChI=1S/C14H15NO4/c16-13(15-7-3-5-11(15)14(17)18)10-8-19-12-6-2-1-4-9(10)12/h1-2,4,6,10-11H,3,5,7-8H2,(H,17,18)/t10?,11-/m1/s1. The highest BCUT2D eigenvalue weighted by molar-refractivity contribution is 5.89. The Morgan fingerprint density at radius 3 is 2.89 bits per heavy atom. The van der Waals surface area contributed by atoms with Gasteiger partial charge in [-0.25, -0.2) is 4.79 Å². The molecule has 2 heterocycles. The molecule has 1 amide bonds. The predicted molar refractivity (Wildman–Crippen MR) is 67.0 cm³/mol. The van der Waals surface area contributed by atoms with E-state index in [0.717, 1.165) is 17.7 Å². The van der Waals surface area contributed by atoms with Gasteiger partial charge in [0.05, 0.1) is 0 Å². The van der Waals surface area contributed by atoms with Gasteiger partial charge in [0, 0.05) is 12.1 Å². The van der Waals surface area contributed by atoms with Gasteiger partial charge in [-0.15, -0.1) is 0 Å². The third kappa shape index (κ3) is 1.95. The second-order valence-corrected chi connectivity index (χ2v) is 4.93. The first-order chi connectivity index (χ1) is 9.18. The van der Waals surface area contributed by atoms with Crippen LogP contribution in [0.3, 0.4) is 0 Å². The molecule has 1 aromatic carbocycles. The van der Waals surface area contributed by atoms with Gasteiger partial charge in [0.25, 0.3) is 0 Å². The van der Waals surface area contributed by atoms with E-state index in [9.17, 15) is 9.59 Å². The van der Waals surface area contributed by atoms with Crippen molar-refractivity contribution in [3.63, 3.8) is 0 Å². The van der Waals surface area contributed by atoms with Crippen LogP contribution in [0.25, 0.3) is 0 Å². The number of benzene rings is 1. The fourth-order valence-corrected chi connectivity index (χ4v) is 2.85. The minimum absolute atomic E-state index is 0.130. The number of fused-ring (bicyclic) bond motifs is 1. The summed E-state index contributed by atoms with van der Waals surface area (Å²) in [6.45, 7) is 0.829. The van der Waals surface area contributed by atoms with Gasteiger partial charge in [-0.2, -0.15) is 0 Å². The number of aliphatic carboxylic acids is 1. The fraction of sp³-hybridized carbons (Fsp3) is 0.429. The summed E-state index contributed by atoms with van der Waals surface area (Å²) in [6.07, 6.45) is 1.29. The van der Waals surface area contributed by atoms with Crippen LogP contribution < -0.4 is 4.74 Å². The van der Waals surface area contributed by atoms with E-state index in [-0.39, 0.29) is 11.8 Å². The lowest BCUT2D eigenvalue weighted by atomic mass is 9.99.